The average Bonchev–Trinajstić information content (AvgIpc) is 2.57. The van der Waals surface area contributed by atoms with Crippen molar-refractivity contribution in [1.29, 1.82) is 0 Å². The first kappa shape index (κ1) is 13.0. The summed E-state index contributed by atoms with van der Waals surface area (Å²) in [5, 5.41) is 4.84. The summed E-state index contributed by atoms with van der Waals surface area (Å²) in [6.45, 7) is 0.990. The molecule has 0 heterocycles. The van der Waals surface area contributed by atoms with Crippen molar-refractivity contribution in [1.82, 2.24) is 0 Å². The van der Waals surface area contributed by atoms with Crippen LogP contribution in [0.1, 0.15) is 38.5 Å². The van der Waals surface area contributed by atoms with Gasteiger partial charge in [-0.1, -0.05) is 55.0 Å². The van der Waals surface area contributed by atoms with Crippen LogP contribution in [0.25, 0.3) is 0 Å². The van der Waals surface area contributed by atoms with Crippen molar-refractivity contribution in [2.24, 2.45) is 5.92 Å². The molecule has 0 aliphatic heterocycles. The Kier molecular flexibility index (Phi) is 4.99. The molecule has 0 radical (unpaired) electrons. The van der Waals surface area contributed by atoms with E-state index < -0.39 is 0 Å². The zero-order valence-electron chi connectivity index (χ0n) is 10.0. The molecule has 1 fully saturated rings. The predicted molar refractivity (Wildman–Crippen MR) is 76.1 cm³/mol. The highest BCUT2D eigenvalue weighted by atomic mass is 35.5. The maximum Gasteiger partial charge on any atom is 0.0719 e. The second-order valence-corrected chi connectivity index (χ2v) is 5.65. The largest absolute Gasteiger partial charge is 0.382 e. The molecule has 0 spiro atoms. The number of benzene rings is 1. The molecule has 0 aromatic heterocycles. The van der Waals surface area contributed by atoms with Gasteiger partial charge in [-0.05, 0) is 30.9 Å². The van der Waals surface area contributed by atoms with E-state index in [9.17, 15) is 0 Å². The molecule has 17 heavy (non-hydrogen) atoms. The molecule has 3 heteroatoms. The van der Waals surface area contributed by atoms with E-state index in [1.165, 1.54) is 38.5 Å². The maximum atomic E-state index is 6.13. The molecule has 0 atom stereocenters. The summed E-state index contributed by atoms with van der Waals surface area (Å²) in [6, 6.07) is 5.63. The quantitative estimate of drug-likeness (QED) is 0.729. The average molecular weight is 272 g/mol. The van der Waals surface area contributed by atoms with Crippen molar-refractivity contribution < 1.29 is 0 Å². The fourth-order valence-electron chi connectivity index (χ4n) is 2.48. The number of nitrogens with one attached hydrogen (secondary N) is 1. The Balaban J connectivity index is 1.92. The van der Waals surface area contributed by atoms with Gasteiger partial charge < -0.3 is 5.32 Å². The zero-order valence-corrected chi connectivity index (χ0v) is 11.5. The molecule has 1 N–H and O–H groups in total. The van der Waals surface area contributed by atoms with E-state index in [2.05, 4.69) is 5.32 Å². The summed E-state index contributed by atoms with van der Waals surface area (Å²) < 4.78 is 0. The van der Waals surface area contributed by atoms with Crippen LogP contribution in [-0.4, -0.2) is 6.54 Å². The fraction of sp³-hybridized carbons (Fsp3) is 0.571. The SMILES string of the molecule is Clc1cccc(Cl)c1NCC1CCCCCC1. The summed E-state index contributed by atoms with van der Waals surface area (Å²) in [6.07, 6.45) is 8.17. The van der Waals surface area contributed by atoms with Gasteiger partial charge >= 0.3 is 0 Å². The smallest absolute Gasteiger partial charge is 0.0719 e. The molecule has 1 nitrogen and oxygen atoms in total. The molecular weight excluding hydrogens is 253 g/mol. The first-order valence-corrected chi connectivity index (χ1v) is 7.21. The van der Waals surface area contributed by atoms with Gasteiger partial charge in [0.05, 0.1) is 15.7 Å². The van der Waals surface area contributed by atoms with Gasteiger partial charge in [-0.3, -0.25) is 0 Å². The van der Waals surface area contributed by atoms with Gasteiger partial charge in [0.25, 0.3) is 0 Å². The maximum absolute atomic E-state index is 6.13. The Labute approximate surface area is 114 Å². The lowest BCUT2D eigenvalue weighted by Crippen LogP contribution is -2.14. The Morgan fingerprint density at radius 2 is 1.59 bits per heavy atom. The summed E-state index contributed by atoms with van der Waals surface area (Å²) in [5.41, 5.74) is 0.889. The molecule has 94 valence electrons. The van der Waals surface area contributed by atoms with Crippen LogP contribution in [0.4, 0.5) is 5.69 Å². The first-order chi connectivity index (χ1) is 8.27. The predicted octanol–water partition coefficient (Wildman–Crippen LogP) is 5.38. The number of anilines is 1. The van der Waals surface area contributed by atoms with E-state index in [-0.39, 0.29) is 0 Å². The van der Waals surface area contributed by atoms with Crippen molar-refractivity contribution in [3.05, 3.63) is 28.2 Å². The summed E-state index contributed by atoms with van der Waals surface area (Å²) >= 11 is 12.3. The van der Waals surface area contributed by atoms with Crippen LogP contribution >= 0.6 is 23.2 Å². The minimum atomic E-state index is 0.714. The molecule has 1 aliphatic rings. The Hall–Kier alpha value is -0.400. The van der Waals surface area contributed by atoms with Crippen molar-refractivity contribution >= 4 is 28.9 Å². The highest BCUT2D eigenvalue weighted by Gasteiger charge is 2.13. The van der Waals surface area contributed by atoms with Gasteiger partial charge in [-0.15, -0.1) is 0 Å². The molecule has 1 aromatic carbocycles. The summed E-state index contributed by atoms with van der Waals surface area (Å²) in [5.74, 6) is 0.768. The molecule has 2 rings (SSSR count). The molecule has 1 aliphatic carbocycles. The topological polar surface area (TPSA) is 12.0 Å². The van der Waals surface area contributed by atoms with Crippen LogP contribution in [0.15, 0.2) is 18.2 Å². The Morgan fingerprint density at radius 1 is 1.00 bits per heavy atom. The normalized spacial score (nSPS) is 17.8. The van der Waals surface area contributed by atoms with E-state index in [0.29, 0.717) is 10.0 Å². The highest BCUT2D eigenvalue weighted by molar-refractivity contribution is 6.39. The van der Waals surface area contributed by atoms with Gasteiger partial charge in [0, 0.05) is 6.54 Å². The van der Waals surface area contributed by atoms with Gasteiger partial charge in [-0.25, -0.2) is 0 Å². The number of rotatable bonds is 3. The number of hydrogen-bond acceptors (Lipinski definition) is 1. The van der Waals surface area contributed by atoms with Crippen LogP contribution < -0.4 is 5.32 Å². The molecule has 0 saturated heterocycles. The first-order valence-electron chi connectivity index (χ1n) is 6.45. The molecule has 0 unspecified atom stereocenters. The van der Waals surface area contributed by atoms with Crippen LogP contribution in [0.3, 0.4) is 0 Å². The van der Waals surface area contributed by atoms with Gasteiger partial charge in [0.1, 0.15) is 0 Å². The molecule has 1 saturated carbocycles. The lowest BCUT2D eigenvalue weighted by molar-refractivity contribution is 0.483. The number of halogens is 2. The van der Waals surface area contributed by atoms with Crippen molar-refractivity contribution in [3.8, 4) is 0 Å². The Morgan fingerprint density at radius 3 is 2.18 bits per heavy atom. The van der Waals surface area contributed by atoms with Crippen LogP contribution in [0.2, 0.25) is 10.0 Å². The summed E-state index contributed by atoms with van der Waals surface area (Å²) in [7, 11) is 0. The molecule has 0 amide bonds. The number of hydrogen-bond donors (Lipinski definition) is 1. The van der Waals surface area contributed by atoms with Gasteiger partial charge in [-0.2, -0.15) is 0 Å². The fourth-order valence-corrected chi connectivity index (χ4v) is 3.01. The monoisotopic (exact) mass is 271 g/mol. The van der Waals surface area contributed by atoms with Crippen molar-refractivity contribution in [2.45, 2.75) is 38.5 Å². The second kappa shape index (κ2) is 6.51. The van der Waals surface area contributed by atoms with E-state index in [0.717, 1.165) is 18.2 Å². The van der Waals surface area contributed by atoms with Gasteiger partial charge in [0.15, 0.2) is 0 Å². The standard InChI is InChI=1S/C14H19Cl2N/c15-12-8-5-9-13(16)14(12)17-10-11-6-3-1-2-4-7-11/h5,8-9,11,17H,1-4,6-7,10H2. The molecular formula is C14H19Cl2N. The zero-order chi connectivity index (χ0) is 12.1. The van der Waals surface area contributed by atoms with E-state index >= 15 is 0 Å². The van der Waals surface area contributed by atoms with Crippen molar-refractivity contribution in [2.75, 3.05) is 11.9 Å². The van der Waals surface area contributed by atoms with E-state index in [1.807, 2.05) is 18.2 Å². The van der Waals surface area contributed by atoms with Gasteiger partial charge in [0.2, 0.25) is 0 Å². The highest BCUT2D eigenvalue weighted by Crippen LogP contribution is 2.31. The third-order valence-electron chi connectivity index (χ3n) is 3.51. The third-order valence-corrected chi connectivity index (χ3v) is 4.13. The third kappa shape index (κ3) is 3.79. The number of para-hydroxylation sites is 1. The molecule has 1 aromatic rings. The van der Waals surface area contributed by atoms with E-state index in [1.54, 1.807) is 0 Å². The summed E-state index contributed by atoms with van der Waals surface area (Å²) in [4.78, 5) is 0. The van der Waals surface area contributed by atoms with Crippen LogP contribution in [0, 0.1) is 5.92 Å². The van der Waals surface area contributed by atoms with E-state index in [4.69, 9.17) is 23.2 Å². The second-order valence-electron chi connectivity index (χ2n) is 4.84. The minimum absolute atomic E-state index is 0.714. The van der Waals surface area contributed by atoms with Crippen LogP contribution in [-0.2, 0) is 0 Å². The molecule has 0 bridgehead atoms. The lowest BCUT2D eigenvalue weighted by Gasteiger charge is -2.17. The lowest BCUT2D eigenvalue weighted by atomic mass is 10.0. The van der Waals surface area contributed by atoms with Crippen molar-refractivity contribution in [3.63, 3.8) is 0 Å². The Bertz CT molecular complexity index is 337. The minimum Gasteiger partial charge on any atom is -0.382 e. The van der Waals surface area contributed by atoms with Crippen LogP contribution in [0.5, 0.6) is 0 Å².